The van der Waals surface area contributed by atoms with E-state index in [0.29, 0.717) is 45.5 Å². The van der Waals surface area contributed by atoms with Crippen LogP contribution in [0.4, 0.5) is 0 Å². The number of carbonyl (C=O) groups is 1. The first-order valence-corrected chi connectivity index (χ1v) is 9.79. The van der Waals surface area contributed by atoms with Crippen molar-refractivity contribution in [1.82, 2.24) is 0 Å². The number of sulfone groups is 1. The monoisotopic (exact) mass is 318 g/mol. The van der Waals surface area contributed by atoms with Gasteiger partial charge < -0.3 is 9.47 Å². The second kappa shape index (κ2) is 6.75. The van der Waals surface area contributed by atoms with Crippen LogP contribution in [0.5, 0.6) is 0 Å². The molecule has 122 valence electrons. The SMILES string of the molecule is CCOC1(C(=O)C2CCCC(S(C)(=O)=O)C2)CCOCC1. The molecule has 1 saturated carbocycles. The molecule has 21 heavy (non-hydrogen) atoms. The van der Waals surface area contributed by atoms with E-state index in [4.69, 9.17) is 9.47 Å². The van der Waals surface area contributed by atoms with Crippen LogP contribution >= 0.6 is 0 Å². The smallest absolute Gasteiger partial charge is 0.167 e. The lowest BCUT2D eigenvalue weighted by molar-refractivity contribution is -0.162. The van der Waals surface area contributed by atoms with Crippen LogP contribution in [0.3, 0.4) is 0 Å². The van der Waals surface area contributed by atoms with Gasteiger partial charge in [-0.3, -0.25) is 4.79 Å². The predicted molar refractivity (Wildman–Crippen MR) is 80.0 cm³/mol. The molecule has 0 spiro atoms. The summed E-state index contributed by atoms with van der Waals surface area (Å²) in [6.45, 7) is 3.46. The number of hydrogen-bond donors (Lipinski definition) is 0. The molecule has 0 radical (unpaired) electrons. The highest BCUT2D eigenvalue weighted by Crippen LogP contribution is 2.36. The van der Waals surface area contributed by atoms with Gasteiger partial charge in [0.25, 0.3) is 0 Å². The van der Waals surface area contributed by atoms with Gasteiger partial charge in [-0.25, -0.2) is 8.42 Å². The Hall–Kier alpha value is -0.460. The van der Waals surface area contributed by atoms with E-state index in [9.17, 15) is 13.2 Å². The molecule has 2 aliphatic rings. The first kappa shape index (κ1) is 16.9. The van der Waals surface area contributed by atoms with Crippen LogP contribution in [-0.2, 0) is 24.1 Å². The largest absolute Gasteiger partial charge is 0.381 e. The van der Waals surface area contributed by atoms with E-state index in [0.717, 1.165) is 12.8 Å². The molecule has 0 aromatic carbocycles. The van der Waals surface area contributed by atoms with Crippen molar-refractivity contribution in [2.75, 3.05) is 26.1 Å². The molecule has 2 atom stereocenters. The molecule has 0 aromatic heterocycles. The Bertz CT molecular complexity index is 459. The van der Waals surface area contributed by atoms with Crippen molar-refractivity contribution >= 4 is 15.6 Å². The van der Waals surface area contributed by atoms with Crippen molar-refractivity contribution in [2.24, 2.45) is 5.92 Å². The average Bonchev–Trinajstić information content (AvgIpc) is 2.47. The Morgan fingerprint density at radius 3 is 2.52 bits per heavy atom. The van der Waals surface area contributed by atoms with E-state index in [-0.39, 0.29) is 17.0 Å². The zero-order chi connectivity index (χ0) is 15.5. The molecule has 2 unspecified atom stereocenters. The first-order valence-electron chi connectivity index (χ1n) is 7.84. The lowest BCUT2D eigenvalue weighted by Gasteiger charge is -2.39. The third-order valence-electron chi connectivity index (χ3n) is 4.77. The summed E-state index contributed by atoms with van der Waals surface area (Å²) in [5.74, 6) is -0.0934. The minimum Gasteiger partial charge on any atom is -0.381 e. The molecular formula is C15H26O5S. The van der Waals surface area contributed by atoms with E-state index in [2.05, 4.69) is 0 Å². The van der Waals surface area contributed by atoms with Crippen molar-refractivity contribution in [3.63, 3.8) is 0 Å². The van der Waals surface area contributed by atoms with Crippen LogP contribution in [0, 0.1) is 5.92 Å². The Balaban J connectivity index is 2.13. The van der Waals surface area contributed by atoms with Gasteiger partial charge >= 0.3 is 0 Å². The number of ketones is 1. The lowest BCUT2D eigenvalue weighted by Crippen LogP contribution is -2.50. The summed E-state index contributed by atoms with van der Waals surface area (Å²) in [7, 11) is -3.07. The summed E-state index contributed by atoms with van der Waals surface area (Å²) in [6.07, 6.45) is 5.14. The highest BCUT2D eigenvalue weighted by Gasteiger charge is 2.45. The third-order valence-corrected chi connectivity index (χ3v) is 6.41. The molecule has 2 rings (SSSR count). The first-order chi connectivity index (χ1) is 9.89. The summed E-state index contributed by atoms with van der Waals surface area (Å²) in [5, 5.41) is -0.376. The van der Waals surface area contributed by atoms with Crippen LogP contribution in [0.1, 0.15) is 45.4 Å². The van der Waals surface area contributed by atoms with Gasteiger partial charge in [0, 0.05) is 44.8 Å². The maximum atomic E-state index is 13.0. The quantitative estimate of drug-likeness (QED) is 0.772. The second-order valence-electron chi connectivity index (χ2n) is 6.22. The molecule has 1 heterocycles. The van der Waals surface area contributed by atoms with Crippen molar-refractivity contribution in [3.8, 4) is 0 Å². The third kappa shape index (κ3) is 3.85. The van der Waals surface area contributed by atoms with Crippen LogP contribution in [0.2, 0.25) is 0 Å². The van der Waals surface area contributed by atoms with Crippen LogP contribution in [0.15, 0.2) is 0 Å². The van der Waals surface area contributed by atoms with Crippen LogP contribution in [-0.4, -0.2) is 51.1 Å². The fraction of sp³-hybridized carbons (Fsp3) is 0.933. The van der Waals surface area contributed by atoms with Gasteiger partial charge in [0.05, 0.1) is 5.25 Å². The Morgan fingerprint density at radius 1 is 1.29 bits per heavy atom. The van der Waals surface area contributed by atoms with E-state index in [1.54, 1.807) is 0 Å². The minimum atomic E-state index is -3.07. The van der Waals surface area contributed by atoms with E-state index < -0.39 is 15.4 Å². The molecule has 0 aromatic rings. The molecular weight excluding hydrogens is 292 g/mol. The topological polar surface area (TPSA) is 69.7 Å². The number of carbonyl (C=O) groups excluding carboxylic acids is 1. The van der Waals surface area contributed by atoms with E-state index in [1.807, 2.05) is 6.92 Å². The summed E-state index contributed by atoms with van der Waals surface area (Å²) in [4.78, 5) is 13.0. The molecule has 6 heteroatoms. The zero-order valence-electron chi connectivity index (χ0n) is 13.0. The molecule has 1 saturated heterocycles. The Morgan fingerprint density at radius 2 is 1.95 bits per heavy atom. The van der Waals surface area contributed by atoms with Crippen molar-refractivity contribution in [1.29, 1.82) is 0 Å². The number of rotatable bonds is 5. The van der Waals surface area contributed by atoms with Gasteiger partial charge in [-0.15, -0.1) is 0 Å². The molecule has 5 nitrogen and oxygen atoms in total. The lowest BCUT2D eigenvalue weighted by atomic mass is 9.76. The maximum Gasteiger partial charge on any atom is 0.167 e. The fourth-order valence-corrected chi connectivity index (χ4v) is 4.76. The molecule has 1 aliphatic carbocycles. The Labute approximate surface area is 127 Å². The van der Waals surface area contributed by atoms with E-state index in [1.165, 1.54) is 6.26 Å². The summed E-state index contributed by atoms with van der Waals surface area (Å²) in [5.41, 5.74) is -0.753. The highest BCUT2D eigenvalue weighted by atomic mass is 32.2. The standard InChI is InChI=1S/C15H26O5S/c1-3-20-15(7-9-19-10-8-15)14(16)12-5-4-6-13(11-12)21(2,17)18/h12-13H,3-11H2,1-2H3. The van der Waals surface area contributed by atoms with Crippen molar-refractivity contribution < 1.29 is 22.7 Å². The summed E-state index contributed by atoms with van der Waals surface area (Å²) >= 11 is 0. The van der Waals surface area contributed by atoms with Crippen molar-refractivity contribution in [3.05, 3.63) is 0 Å². The minimum absolute atomic E-state index is 0.0981. The summed E-state index contributed by atoms with van der Waals surface area (Å²) in [6, 6.07) is 0. The van der Waals surface area contributed by atoms with Gasteiger partial charge in [0.15, 0.2) is 5.78 Å². The highest BCUT2D eigenvalue weighted by molar-refractivity contribution is 7.91. The van der Waals surface area contributed by atoms with Gasteiger partial charge in [0.1, 0.15) is 15.4 Å². The Kier molecular flexibility index (Phi) is 5.43. The fourth-order valence-electron chi connectivity index (χ4n) is 3.58. The predicted octanol–water partition coefficient (Wildman–Crippen LogP) is 1.74. The maximum absolute atomic E-state index is 13.0. The van der Waals surface area contributed by atoms with Gasteiger partial charge in [-0.1, -0.05) is 6.42 Å². The molecule has 0 N–H and O–H groups in total. The number of Topliss-reactive ketones (excluding diaryl/α,β-unsaturated/α-hetero) is 1. The molecule has 2 fully saturated rings. The molecule has 0 amide bonds. The van der Waals surface area contributed by atoms with Crippen LogP contribution < -0.4 is 0 Å². The molecule has 1 aliphatic heterocycles. The van der Waals surface area contributed by atoms with Crippen LogP contribution in [0.25, 0.3) is 0 Å². The number of ether oxygens (including phenoxy) is 2. The zero-order valence-corrected chi connectivity index (χ0v) is 13.8. The van der Waals surface area contributed by atoms with Gasteiger partial charge in [-0.2, -0.15) is 0 Å². The normalized spacial score (nSPS) is 30.0. The van der Waals surface area contributed by atoms with Gasteiger partial charge in [0.2, 0.25) is 0 Å². The number of hydrogen-bond acceptors (Lipinski definition) is 5. The second-order valence-corrected chi connectivity index (χ2v) is 8.54. The van der Waals surface area contributed by atoms with Gasteiger partial charge in [-0.05, 0) is 26.2 Å². The molecule has 0 bridgehead atoms. The van der Waals surface area contributed by atoms with E-state index >= 15 is 0 Å². The van der Waals surface area contributed by atoms with Crippen molar-refractivity contribution in [2.45, 2.75) is 56.3 Å². The summed E-state index contributed by atoms with van der Waals surface area (Å²) < 4.78 is 34.7. The average molecular weight is 318 g/mol.